The van der Waals surface area contributed by atoms with Crippen molar-refractivity contribution in [1.82, 2.24) is 0 Å². The van der Waals surface area contributed by atoms with Crippen LogP contribution < -0.4 is 5.32 Å². The van der Waals surface area contributed by atoms with Crippen molar-refractivity contribution in [3.63, 3.8) is 0 Å². The Morgan fingerprint density at radius 1 is 1.19 bits per heavy atom. The molecule has 0 radical (unpaired) electrons. The van der Waals surface area contributed by atoms with E-state index in [0.717, 1.165) is 6.42 Å². The number of hydrogen-bond acceptors (Lipinski definition) is 2. The summed E-state index contributed by atoms with van der Waals surface area (Å²) in [5.74, 6) is -0.483. The third-order valence-corrected chi connectivity index (χ3v) is 4.12. The Hall–Kier alpha value is -2.34. The Balaban J connectivity index is 1.86. The highest BCUT2D eigenvalue weighted by atomic mass is 19.1. The minimum Gasteiger partial charge on any atom is -0.377 e. The molecule has 0 heterocycles. The van der Waals surface area contributed by atoms with Crippen molar-refractivity contribution in [1.29, 1.82) is 5.26 Å². The Labute approximate surface area is 124 Å². The molecule has 0 aliphatic heterocycles. The summed E-state index contributed by atoms with van der Waals surface area (Å²) in [5, 5.41) is 12.3. The summed E-state index contributed by atoms with van der Waals surface area (Å²) in [6, 6.07) is 13.2. The molecule has 0 bridgehead atoms. The number of nitrogens with zero attached hydrogens (tertiary/aromatic N) is 1. The molecule has 0 aromatic heterocycles. The lowest BCUT2D eigenvalue weighted by Crippen LogP contribution is -2.09. The Kier molecular flexibility index (Phi) is 3.62. The summed E-state index contributed by atoms with van der Waals surface area (Å²) in [5.41, 5.74) is 4.65. The van der Waals surface area contributed by atoms with Crippen LogP contribution in [0.2, 0.25) is 0 Å². The van der Waals surface area contributed by atoms with E-state index in [-0.39, 0.29) is 11.6 Å². The molecule has 2 aromatic carbocycles. The minimum atomic E-state index is -0.483. The van der Waals surface area contributed by atoms with E-state index < -0.39 is 5.82 Å². The van der Waals surface area contributed by atoms with Gasteiger partial charge >= 0.3 is 0 Å². The Morgan fingerprint density at radius 2 is 2.00 bits per heavy atom. The van der Waals surface area contributed by atoms with Gasteiger partial charge in [0.25, 0.3) is 0 Å². The number of hydrogen-bond donors (Lipinski definition) is 1. The van der Waals surface area contributed by atoms with Gasteiger partial charge in [-0.2, -0.15) is 5.26 Å². The van der Waals surface area contributed by atoms with E-state index in [1.54, 1.807) is 12.1 Å². The Morgan fingerprint density at radius 3 is 2.81 bits per heavy atom. The van der Waals surface area contributed by atoms with Crippen molar-refractivity contribution in [3.8, 4) is 6.07 Å². The first-order valence-electron chi connectivity index (χ1n) is 7.26. The largest absolute Gasteiger partial charge is 0.377 e. The van der Waals surface area contributed by atoms with Gasteiger partial charge in [-0.1, -0.05) is 24.3 Å². The summed E-state index contributed by atoms with van der Waals surface area (Å²) >= 11 is 0. The van der Waals surface area contributed by atoms with E-state index in [2.05, 4.69) is 23.5 Å². The van der Waals surface area contributed by atoms with Crippen molar-refractivity contribution in [2.24, 2.45) is 0 Å². The van der Waals surface area contributed by atoms with Crippen molar-refractivity contribution in [3.05, 3.63) is 64.5 Å². The highest BCUT2D eigenvalue weighted by molar-refractivity contribution is 5.59. The number of nitriles is 1. The first-order valence-corrected chi connectivity index (χ1v) is 7.26. The third-order valence-electron chi connectivity index (χ3n) is 4.12. The van der Waals surface area contributed by atoms with Crippen molar-refractivity contribution < 1.29 is 4.39 Å². The minimum absolute atomic E-state index is 0.0322. The molecule has 0 saturated carbocycles. The summed E-state index contributed by atoms with van der Waals surface area (Å²) in [4.78, 5) is 0. The second-order valence-corrected chi connectivity index (χ2v) is 5.52. The van der Waals surface area contributed by atoms with Crippen LogP contribution >= 0.6 is 0 Å². The second-order valence-electron chi connectivity index (χ2n) is 5.52. The monoisotopic (exact) mass is 280 g/mol. The van der Waals surface area contributed by atoms with Crippen molar-refractivity contribution in [2.45, 2.75) is 32.2 Å². The molecule has 106 valence electrons. The van der Waals surface area contributed by atoms with E-state index >= 15 is 0 Å². The van der Waals surface area contributed by atoms with E-state index in [1.165, 1.54) is 35.6 Å². The number of benzene rings is 2. The van der Waals surface area contributed by atoms with Crippen LogP contribution in [-0.2, 0) is 12.8 Å². The maximum atomic E-state index is 13.6. The number of rotatable bonds is 3. The molecule has 0 amide bonds. The summed E-state index contributed by atoms with van der Waals surface area (Å²) in [6.45, 7) is 2.03. The van der Waals surface area contributed by atoms with Gasteiger partial charge in [-0.15, -0.1) is 0 Å². The summed E-state index contributed by atoms with van der Waals surface area (Å²) < 4.78 is 13.6. The number of anilines is 1. The lowest BCUT2D eigenvalue weighted by Gasteiger charge is -2.18. The molecule has 0 spiro atoms. The van der Waals surface area contributed by atoms with Crippen LogP contribution in [0.4, 0.5) is 10.1 Å². The molecule has 0 saturated heterocycles. The summed E-state index contributed by atoms with van der Waals surface area (Å²) in [6.07, 6.45) is 3.53. The average molecular weight is 280 g/mol. The molecule has 3 rings (SSSR count). The molecule has 2 aromatic rings. The van der Waals surface area contributed by atoms with Crippen LogP contribution in [0.1, 0.15) is 41.6 Å². The van der Waals surface area contributed by atoms with Gasteiger partial charge in [0.05, 0.1) is 5.69 Å². The third kappa shape index (κ3) is 2.62. The van der Waals surface area contributed by atoms with E-state index in [4.69, 9.17) is 5.26 Å². The molecule has 1 aliphatic rings. The molecule has 2 nitrogen and oxygen atoms in total. The van der Waals surface area contributed by atoms with E-state index in [9.17, 15) is 4.39 Å². The highest BCUT2D eigenvalue weighted by Crippen LogP contribution is 2.28. The topological polar surface area (TPSA) is 35.8 Å². The molecular formula is C18H17FN2. The van der Waals surface area contributed by atoms with Crippen LogP contribution in [0.5, 0.6) is 0 Å². The van der Waals surface area contributed by atoms with Gasteiger partial charge in [0, 0.05) is 6.04 Å². The zero-order valence-corrected chi connectivity index (χ0v) is 12.0. The predicted molar refractivity (Wildman–Crippen MR) is 81.6 cm³/mol. The van der Waals surface area contributed by atoms with Crippen molar-refractivity contribution >= 4 is 5.69 Å². The van der Waals surface area contributed by atoms with Gasteiger partial charge in [-0.3, -0.25) is 0 Å². The molecule has 1 atom stereocenters. The smallest absolute Gasteiger partial charge is 0.143 e. The first-order chi connectivity index (χ1) is 10.2. The van der Waals surface area contributed by atoms with Crippen LogP contribution in [0.25, 0.3) is 0 Å². The zero-order chi connectivity index (χ0) is 14.8. The Bertz CT molecular complexity index is 716. The van der Waals surface area contributed by atoms with Gasteiger partial charge in [-0.05, 0) is 55.0 Å². The fraction of sp³-hybridized carbons (Fsp3) is 0.278. The number of aryl methyl sites for hydroxylation is 2. The molecule has 1 aliphatic carbocycles. The van der Waals surface area contributed by atoms with Crippen LogP contribution in [-0.4, -0.2) is 0 Å². The second kappa shape index (κ2) is 5.57. The molecule has 0 fully saturated rings. The normalized spacial score (nSPS) is 14.3. The SMILES string of the molecule is CC(Nc1cccc(F)c1C#N)c1ccc2c(c1)CCC2. The van der Waals surface area contributed by atoms with Crippen LogP contribution in [0.15, 0.2) is 36.4 Å². The lowest BCUT2D eigenvalue weighted by atomic mass is 10.0. The average Bonchev–Trinajstić information content (AvgIpc) is 2.94. The van der Waals surface area contributed by atoms with E-state index in [1.807, 2.05) is 13.0 Å². The molecule has 1 N–H and O–H groups in total. The fourth-order valence-corrected chi connectivity index (χ4v) is 2.94. The molecule has 3 heteroatoms. The fourth-order valence-electron chi connectivity index (χ4n) is 2.94. The van der Waals surface area contributed by atoms with Gasteiger partial charge in [0.1, 0.15) is 17.4 Å². The van der Waals surface area contributed by atoms with E-state index in [0.29, 0.717) is 5.69 Å². The predicted octanol–water partition coefficient (Wildman–Crippen LogP) is 4.36. The van der Waals surface area contributed by atoms with Crippen molar-refractivity contribution in [2.75, 3.05) is 5.32 Å². The molecule has 21 heavy (non-hydrogen) atoms. The quantitative estimate of drug-likeness (QED) is 0.906. The lowest BCUT2D eigenvalue weighted by molar-refractivity contribution is 0.624. The van der Waals surface area contributed by atoms with Gasteiger partial charge < -0.3 is 5.32 Å². The molecule has 1 unspecified atom stereocenters. The zero-order valence-electron chi connectivity index (χ0n) is 12.0. The number of fused-ring (bicyclic) bond motifs is 1. The van der Waals surface area contributed by atoms with Gasteiger partial charge in [-0.25, -0.2) is 4.39 Å². The number of nitrogens with one attached hydrogen (secondary N) is 1. The maximum absolute atomic E-state index is 13.6. The van der Waals surface area contributed by atoms with Gasteiger partial charge in [0.15, 0.2) is 0 Å². The highest BCUT2D eigenvalue weighted by Gasteiger charge is 2.15. The first kappa shape index (κ1) is 13.6. The van der Waals surface area contributed by atoms with Gasteiger partial charge in [0.2, 0.25) is 0 Å². The number of halogens is 1. The summed E-state index contributed by atoms with van der Waals surface area (Å²) in [7, 11) is 0. The van der Waals surface area contributed by atoms with Crippen LogP contribution in [0.3, 0.4) is 0 Å². The molecular weight excluding hydrogens is 263 g/mol. The standard InChI is InChI=1S/C18H17FN2/c1-12(14-9-8-13-4-2-5-15(13)10-14)21-18-7-3-6-17(19)16(18)11-20/h3,6-10,12,21H,2,4-5H2,1H3. The maximum Gasteiger partial charge on any atom is 0.143 e. The van der Waals surface area contributed by atoms with Crippen LogP contribution in [0, 0.1) is 17.1 Å².